The van der Waals surface area contributed by atoms with Gasteiger partial charge in [-0.3, -0.25) is 9.59 Å². The Hall–Kier alpha value is -2.42. The first-order valence-electron chi connectivity index (χ1n) is 9.39. The van der Waals surface area contributed by atoms with Gasteiger partial charge in [0.15, 0.2) is 5.82 Å². The highest BCUT2D eigenvalue weighted by molar-refractivity contribution is 9.10. The normalized spacial score (nSPS) is 19.7. The molecule has 4 rings (SSSR count). The number of aromatic nitrogens is 3. The molecular weight excluding hydrogens is 505 g/mol. The average Bonchev–Trinajstić information content (AvgIpc) is 3.32. The molecule has 2 heterocycles. The van der Waals surface area contributed by atoms with E-state index in [4.69, 9.17) is 23.2 Å². The van der Waals surface area contributed by atoms with Gasteiger partial charge in [0.1, 0.15) is 15.8 Å². The van der Waals surface area contributed by atoms with E-state index in [2.05, 4.69) is 31.3 Å². The molecule has 3 aromatic rings. The molecule has 1 N–H and O–H groups in total. The predicted molar refractivity (Wildman–Crippen MR) is 122 cm³/mol. The highest BCUT2D eigenvalue weighted by Crippen LogP contribution is 2.52. The standard InChI is InChI=1S/C21H18BrCl2N5O2/c1-28(2)20(31)21(11-14(21)12-5-7-13(23)8-6-12)26-19(30)16-10-17(22)27-29(16)18-15(24)4-3-9-25-18/h3-10,14H,11H2,1-2H3,(H,26,30). The monoisotopic (exact) mass is 521 g/mol. The smallest absolute Gasteiger partial charge is 0.271 e. The molecule has 1 aliphatic carbocycles. The molecule has 2 aromatic heterocycles. The van der Waals surface area contributed by atoms with Crippen LogP contribution in [0.2, 0.25) is 10.0 Å². The van der Waals surface area contributed by atoms with E-state index in [0.717, 1.165) is 5.56 Å². The third kappa shape index (κ3) is 4.07. The van der Waals surface area contributed by atoms with Crippen LogP contribution in [-0.2, 0) is 4.79 Å². The molecular formula is C21H18BrCl2N5O2. The molecule has 160 valence electrons. The molecule has 2 atom stereocenters. The molecule has 1 aromatic carbocycles. The van der Waals surface area contributed by atoms with Crippen molar-refractivity contribution < 1.29 is 9.59 Å². The molecule has 2 unspecified atom stereocenters. The fraction of sp³-hybridized carbons (Fsp3) is 0.238. The Labute approximate surface area is 197 Å². The van der Waals surface area contributed by atoms with E-state index >= 15 is 0 Å². The highest BCUT2D eigenvalue weighted by Gasteiger charge is 2.62. The van der Waals surface area contributed by atoms with E-state index in [-0.39, 0.29) is 17.5 Å². The molecule has 31 heavy (non-hydrogen) atoms. The third-order valence-electron chi connectivity index (χ3n) is 5.21. The lowest BCUT2D eigenvalue weighted by molar-refractivity contribution is -0.131. The van der Waals surface area contributed by atoms with Crippen LogP contribution in [0.4, 0.5) is 0 Å². The number of nitrogens with one attached hydrogen (secondary N) is 1. The lowest BCUT2D eigenvalue weighted by Crippen LogP contribution is -2.50. The molecule has 10 heteroatoms. The second kappa shape index (κ2) is 8.26. The summed E-state index contributed by atoms with van der Waals surface area (Å²) >= 11 is 15.6. The van der Waals surface area contributed by atoms with Gasteiger partial charge in [-0.2, -0.15) is 5.10 Å². The molecule has 1 fully saturated rings. The SMILES string of the molecule is CN(C)C(=O)C1(NC(=O)c2cc(Br)nn2-c2ncccc2Cl)CC1c1ccc(Cl)cc1. The van der Waals surface area contributed by atoms with Crippen LogP contribution in [0.1, 0.15) is 28.4 Å². The number of amides is 2. The molecule has 0 spiro atoms. The van der Waals surface area contributed by atoms with Crippen LogP contribution in [0.5, 0.6) is 0 Å². The van der Waals surface area contributed by atoms with E-state index < -0.39 is 11.4 Å². The third-order valence-corrected chi connectivity index (χ3v) is 6.14. The summed E-state index contributed by atoms with van der Waals surface area (Å²) in [4.78, 5) is 32.1. The first kappa shape index (κ1) is 21.8. The minimum atomic E-state index is -1.05. The highest BCUT2D eigenvalue weighted by atomic mass is 79.9. The number of carbonyl (C=O) groups is 2. The summed E-state index contributed by atoms with van der Waals surface area (Å²) in [5.41, 5.74) is 0.0895. The summed E-state index contributed by atoms with van der Waals surface area (Å²) < 4.78 is 1.80. The topological polar surface area (TPSA) is 80.1 Å². The van der Waals surface area contributed by atoms with Crippen molar-refractivity contribution in [3.63, 3.8) is 0 Å². The van der Waals surface area contributed by atoms with Crippen LogP contribution in [0, 0.1) is 0 Å². The van der Waals surface area contributed by atoms with E-state index in [1.54, 1.807) is 50.6 Å². The zero-order chi connectivity index (χ0) is 22.3. The van der Waals surface area contributed by atoms with Crippen LogP contribution in [-0.4, -0.2) is 51.1 Å². The van der Waals surface area contributed by atoms with Crippen molar-refractivity contribution in [2.24, 2.45) is 0 Å². The Bertz CT molecular complexity index is 1160. The van der Waals surface area contributed by atoms with Crippen LogP contribution < -0.4 is 5.32 Å². The van der Waals surface area contributed by atoms with Gasteiger partial charge in [-0.05, 0) is 52.2 Å². The molecule has 2 amide bonds. The quantitative estimate of drug-likeness (QED) is 0.547. The van der Waals surface area contributed by atoms with Crippen LogP contribution in [0.15, 0.2) is 53.3 Å². The Morgan fingerprint density at radius 3 is 2.58 bits per heavy atom. The Morgan fingerprint density at radius 2 is 1.94 bits per heavy atom. The van der Waals surface area contributed by atoms with Gasteiger partial charge in [-0.25, -0.2) is 9.67 Å². The molecule has 0 aliphatic heterocycles. The van der Waals surface area contributed by atoms with Gasteiger partial charge in [0.25, 0.3) is 5.91 Å². The molecule has 7 nitrogen and oxygen atoms in total. The van der Waals surface area contributed by atoms with Crippen LogP contribution in [0.3, 0.4) is 0 Å². The molecule has 0 radical (unpaired) electrons. The number of carbonyl (C=O) groups excluding carboxylic acids is 2. The minimum Gasteiger partial charge on any atom is -0.347 e. The maximum Gasteiger partial charge on any atom is 0.271 e. The maximum atomic E-state index is 13.3. The van der Waals surface area contributed by atoms with Gasteiger partial charge in [0, 0.05) is 37.3 Å². The van der Waals surface area contributed by atoms with E-state index in [1.165, 1.54) is 9.58 Å². The Morgan fingerprint density at radius 1 is 1.23 bits per heavy atom. The number of pyridine rings is 1. The first-order chi connectivity index (χ1) is 14.7. The Kier molecular flexibility index (Phi) is 5.81. The van der Waals surface area contributed by atoms with E-state index in [1.807, 2.05) is 12.1 Å². The Balaban J connectivity index is 1.68. The largest absolute Gasteiger partial charge is 0.347 e. The number of hydrogen-bond donors (Lipinski definition) is 1. The van der Waals surface area contributed by atoms with Gasteiger partial charge in [0.05, 0.1) is 5.02 Å². The van der Waals surface area contributed by atoms with Crippen molar-refractivity contribution in [3.8, 4) is 5.82 Å². The number of benzene rings is 1. The number of nitrogens with zero attached hydrogens (tertiary/aromatic N) is 4. The van der Waals surface area contributed by atoms with Crippen molar-refractivity contribution in [2.45, 2.75) is 17.9 Å². The molecule has 1 aliphatic rings. The number of likely N-dealkylation sites (N-methyl/N-ethyl adjacent to an activating group) is 1. The number of rotatable bonds is 5. The van der Waals surface area contributed by atoms with E-state index in [0.29, 0.717) is 26.9 Å². The van der Waals surface area contributed by atoms with Gasteiger partial charge in [-0.15, -0.1) is 0 Å². The minimum absolute atomic E-state index is 0.165. The number of hydrogen-bond acceptors (Lipinski definition) is 4. The molecule has 0 saturated heterocycles. The summed E-state index contributed by atoms with van der Waals surface area (Å²) in [6.07, 6.45) is 2.05. The summed E-state index contributed by atoms with van der Waals surface area (Å²) in [6, 6.07) is 12.2. The zero-order valence-electron chi connectivity index (χ0n) is 16.6. The molecule has 0 bridgehead atoms. The van der Waals surface area contributed by atoms with Crippen molar-refractivity contribution in [1.29, 1.82) is 0 Å². The second-order valence-corrected chi connectivity index (χ2v) is 9.16. The van der Waals surface area contributed by atoms with Gasteiger partial charge >= 0.3 is 0 Å². The average molecular weight is 523 g/mol. The zero-order valence-corrected chi connectivity index (χ0v) is 19.7. The maximum absolute atomic E-state index is 13.3. The lowest BCUT2D eigenvalue weighted by atomic mass is 10.0. The van der Waals surface area contributed by atoms with Crippen molar-refractivity contribution in [1.82, 2.24) is 25.0 Å². The summed E-state index contributed by atoms with van der Waals surface area (Å²) in [5, 5.41) is 8.21. The summed E-state index contributed by atoms with van der Waals surface area (Å²) in [7, 11) is 3.34. The summed E-state index contributed by atoms with van der Waals surface area (Å²) in [5.74, 6) is -0.478. The fourth-order valence-electron chi connectivity index (χ4n) is 3.66. The van der Waals surface area contributed by atoms with Crippen molar-refractivity contribution in [3.05, 3.63) is 74.6 Å². The fourth-order valence-corrected chi connectivity index (χ4v) is 4.37. The van der Waals surface area contributed by atoms with Crippen LogP contribution in [0.25, 0.3) is 5.82 Å². The predicted octanol–water partition coefficient (Wildman–Crippen LogP) is 4.08. The van der Waals surface area contributed by atoms with Crippen molar-refractivity contribution >= 4 is 50.9 Å². The lowest BCUT2D eigenvalue weighted by Gasteiger charge is -2.23. The first-order valence-corrected chi connectivity index (χ1v) is 10.9. The van der Waals surface area contributed by atoms with E-state index in [9.17, 15) is 9.59 Å². The van der Waals surface area contributed by atoms with Crippen molar-refractivity contribution in [2.75, 3.05) is 14.1 Å². The second-order valence-electron chi connectivity index (χ2n) is 7.51. The van der Waals surface area contributed by atoms with Gasteiger partial charge in [-0.1, -0.05) is 35.3 Å². The number of halogens is 3. The van der Waals surface area contributed by atoms with Gasteiger partial charge in [0.2, 0.25) is 5.91 Å². The van der Waals surface area contributed by atoms with Gasteiger partial charge < -0.3 is 10.2 Å². The van der Waals surface area contributed by atoms with Crippen LogP contribution >= 0.6 is 39.1 Å². The summed E-state index contributed by atoms with van der Waals surface area (Å²) in [6.45, 7) is 0. The molecule has 1 saturated carbocycles.